The second-order valence-electron chi connectivity index (χ2n) is 9.04. The maximum atomic E-state index is 11.3. The van der Waals surface area contributed by atoms with E-state index < -0.39 is 6.10 Å². The van der Waals surface area contributed by atoms with Crippen molar-refractivity contribution >= 4 is 0 Å². The number of piperidine rings is 1. The van der Waals surface area contributed by atoms with Crippen LogP contribution in [-0.4, -0.2) is 64.9 Å². The normalized spacial score (nSPS) is 32.5. The Morgan fingerprint density at radius 2 is 1.90 bits per heavy atom. The van der Waals surface area contributed by atoms with E-state index in [0.717, 1.165) is 32.4 Å². The van der Waals surface area contributed by atoms with E-state index in [2.05, 4.69) is 51.2 Å². The number of ether oxygens (including phenoxy) is 2. The first-order chi connectivity index (χ1) is 14.7. The van der Waals surface area contributed by atoms with Crippen molar-refractivity contribution in [2.45, 2.75) is 56.4 Å². The second kappa shape index (κ2) is 8.81. The second-order valence-corrected chi connectivity index (χ2v) is 9.04. The molecule has 30 heavy (non-hydrogen) atoms. The maximum Gasteiger partial charge on any atom is 0.176 e. The van der Waals surface area contributed by atoms with Crippen molar-refractivity contribution in [1.82, 2.24) is 14.8 Å². The lowest BCUT2D eigenvalue weighted by atomic mass is 9.87. The van der Waals surface area contributed by atoms with Crippen LogP contribution >= 0.6 is 0 Å². The molecule has 0 amide bonds. The number of nitrogens with zero attached hydrogens (tertiary/aromatic N) is 2. The van der Waals surface area contributed by atoms with E-state index in [9.17, 15) is 5.11 Å². The van der Waals surface area contributed by atoms with Crippen molar-refractivity contribution in [3.63, 3.8) is 0 Å². The minimum atomic E-state index is -0.498. The molecule has 5 unspecified atom stereocenters. The Hall–Kier alpha value is -1.70. The minimum Gasteiger partial charge on any atom is -0.390 e. The summed E-state index contributed by atoms with van der Waals surface area (Å²) in [5.41, 5.74) is 2.62. The summed E-state index contributed by atoms with van der Waals surface area (Å²) in [6, 6.07) is 14.7. The van der Waals surface area contributed by atoms with Gasteiger partial charge in [0, 0.05) is 25.5 Å². The molecule has 3 aliphatic rings. The fourth-order valence-electron chi connectivity index (χ4n) is 5.35. The zero-order valence-electron chi connectivity index (χ0n) is 17.7. The van der Waals surface area contributed by atoms with Gasteiger partial charge < -0.3 is 24.5 Å². The molecule has 4 heterocycles. The topological polar surface area (TPSA) is 58.9 Å². The van der Waals surface area contributed by atoms with E-state index in [1.165, 1.54) is 11.3 Å². The molecule has 5 rings (SSSR count). The minimum absolute atomic E-state index is 0.0860. The largest absolute Gasteiger partial charge is 0.390 e. The van der Waals surface area contributed by atoms with E-state index in [0.29, 0.717) is 19.1 Å². The number of benzene rings is 1. The third-order valence-corrected chi connectivity index (χ3v) is 7.14. The Morgan fingerprint density at radius 1 is 1.10 bits per heavy atom. The molecule has 0 radical (unpaired) electrons. The van der Waals surface area contributed by atoms with Gasteiger partial charge in [0.05, 0.1) is 24.8 Å². The fraction of sp³-hybridized carbons (Fsp3) is 0.583. The lowest BCUT2D eigenvalue weighted by Gasteiger charge is -2.46. The van der Waals surface area contributed by atoms with Crippen LogP contribution in [0.4, 0.5) is 0 Å². The molecule has 3 saturated heterocycles. The van der Waals surface area contributed by atoms with Crippen molar-refractivity contribution in [2.24, 2.45) is 13.0 Å². The number of aryl methyl sites for hydroxylation is 1. The van der Waals surface area contributed by atoms with Crippen molar-refractivity contribution in [3.8, 4) is 0 Å². The van der Waals surface area contributed by atoms with Gasteiger partial charge in [0.2, 0.25) is 0 Å². The molecule has 2 N–H and O–H groups in total. The summed E-state index contributed by atoms with van der Waals surface area (Å²) in [4.78, 5) is 2.40. The molecular weight excluding hydrogens is 378 g/mol. The Morgan fingerprint density at radius 3 is 2.63 bits per heavy atom. The molecule has 1 aromatic carbocycles. The molecule has 3 aliphatic heterocycles. The summed E-state index contributed by atoms with van der Waals surface area (Å²) in [6.07, 6.45) is 4.58. The molecule has 3 fully saturated rings. The van der Waals surface area contributed by atoms with Gasteiger partial charge in [0.1, 0.15) is 6.10 Å². The van der Waals surface area contributed by atoms with Crippen LogP contribution in [0.2, 0.25) is 0 Å². The molecular formula is C24H33N3O3. The average Bonchev–Trinajstić information content (AvgIpc) is 3.37. The van der Waals surface area contributed by atoms with Gasteiger partial charge in [-0.05, 0) is 56.0 Å². The van der Waals surface area contributed by atoms with E-state index in [-0.39, 0.29) is 24.5 Å². The maximum absolute atomic E-state index is 11.3. The summed E-state index contributed by atoms with van der Waals surface area (Å²) in [7, 11) is 2.04. The molecule has 2 bridgehead atoms. The van der Waals surface area contributed by atoms with Crippen LogP contribution in [0, 0.1) is 5.92 Å². The summed E-state index contributed by atoms with van der Waals surface area (Å²) in [5.74, 6) is 0.703. The number of rotatable bonds is 6. The average molecular weight is 412 g/mol. The number of nitrogens with one attached hydrogen (secondary N) is 1. The van der Waals surface area contributed by atoms with Crippen LogP contribution in [-0.2, 0) is 29.5 Å². The number of aromatic nitrogens is 1. The third kappa shape index (κ3) is 4.07. The van der Waals surface area contributed by atoms with Crippen molar-refractivity contribution < 1.29 is 14.6 Å². The van der Waals surface area contributed by atoms with Gasteiger partial charge in [-0.15, -0.1) is 0 Å². The number of aliphatic hydroxyl groups excluding tert-OH is 1. The van der Waals surface area contributed by atoms with Crippen LogP contribution in [0.5, 0.6) is 0 Å². The molecule has 0 spiro atoms. The number of hydrogen-bond acceptors (Lipinski definition) is 5. The standard InChI is InChI=1S/C24H33N3O3/c1-26-11-5-8-19(26)15-25-21-20-16-29-24(30-20)22(23(21)28)27-12-9-18(10-13-27)14-17-6-3-2-4-7-17/h2-8,11,18,20-25,28H,9-10,12-16H2,1H3. The van der Waals surface area contributed by atoms with E-state index in [4.69, 9.17) is 9.47 Å². The highest BCUT2D eigenvalue weighted by atomic mass is 16.7. The quantitative estimate of drug-likeness (QED) is 0.761. The van der Waals surface area contributed by atoms with Crippen LogP contribution in [0.1, 0.15) is 24.1 Å². The number of hydrogen-bond donors (Lipinski definition) is 2. The Bertz CT molecular complexity index is 818. The van der Waals surface area contributed by atoms with Gasteiger partial charge in [-0.1, -0.05) is 30.3 Å². The molecule has 2 aromatic rings. The van der Waals surface area contributed by atoms with Crippen LogP contribution < -0.4 is 5.32 Å². The van der Waals surface area contributed by atoms with Gasteiger partial charge in [-0.25, -0.2) is 0 Å². The lowest BCUT2D eigenvalue weighted by molar-refractivity contribution is -0.186. The first-order valence-electron chi connectivity index (χ1n) is 11.3. The van der Waals surface area contributed by atoms with E-state index in [1.54, 1.807) is 0 Å². The van der Waals surface area contributed by atoms with E-state index >= 15 is 0 Å². The highest BCUT2D eigenvalue weighted by Crippen LogP contribution is 2.34. The van der Waals surface area contributed by atoms with Crippen molar-refractivity contribution in [2.75, 3.05) is 19.7 Å². The van der Waals surface area contributed by atoms with Gasteiger partial charge in [0.25, 0.3) is 0 Å². The number of fused-ring (bicyclic) bond motifs is 2. The highest BCUT2D eigenvalue weighted by molar-refractivity contribution is 5.15. The van der Waals surface area contributed by atoms with Crippen LogP contribution in [0.3, 0.4) is 0 Å². The molecule has 0 saturated carbocycles. The third-order valence-electron chi connectivity index (χ3n) is 7.14. The van der Waals surface area contributed by atoms with Crippen molar-refractivity contribution in [1.29, 1.82) is 0 Å². The first-order valence-corrected chi connectivity index (χ1v) is 11.3. The monoisotopic (exact) mass is 411 g/mol. The van der Waals surface area contributed by atoms with Gasteiger partial charge in [0.15, 0.2) is 6.29 Å². The summed E-state index contributed by atoms with van der Waals surface area (Å²) in [5, 5.41) is 14.8. The zero-order chi connectivity index (χ0) is 20.5. The fourth-order valence-corrected chi connectivity index (χ4v) is 5.35. The molecule has 5 atom stereocenters. The van der Waals surface area contributed by atoms with Crippen LogP contribution in [0.25, 0.3) is 0 Å². The Balaban J connectivity index is 1.20. The summed E-state index contributed by atoms with van der Waals surface area (Å²) >= 11 is 0. The molecule has 162 valence electrons. The Kier molecular flexibility index (Phi) is 5.94. The smallest absolute Gasteiger partial charge is 0.176 e. The molecule has 0 aliphatic carbocycles. The molecule has 1 aromatic heterocycles. The molecule has 6 heteroatoms. The van der Waals surface area contributed by atoms with Gasteiger partial charge in [-0.3, -0.25) is 4.90 Å². The number of likely N-dealkylation sites (tertiary alicyclic amines) is 1. The van der Waals surface area contributed by atoms with E-state index in [1.807, 2.05) is 19.3 Å². The first kappa shape index (κ1) is 20.2. The SMILES string of the molecule is Cn1cccc1CNC1C2COC(O2)C(N2CCC(Cc3ccccc3)CC2)C1O. The van der Waals surface area contributed by atoms with Crippen molar-refractivity contribution in [3.05, 3.63) is 59.9 Å². The number of aliphatic hydroxyl groups is 1. The summed E-state index contributed by atoms with van der Waals surface area (Å²) < 4.78 is 14.2. The molecule has 6 nitrogen and oxygen atoms in total. The Labute approximate surface area is 178 Å². The predicted octanol–water partition coefficient (Wildman–Crippen LogP) is 1.92. The highest BCUT2D eigenvalue weighted by Gasteiger charge is 2.52. The van der Waals surface area contributed by atoms with Crippen LogP contribution in [0.15, 0.2) is 48.7 Å². The lowest BCUT2D eigenvalue weighted by Crippen LogP contribution is -2.65. The zero-order valence-corrected chi connectivity index (χ0v) is 17.7. The predicted molar refractivity (Wildman–Crippen MR) is 115 cm³/mol. The van der Waals surface area contributed by atoms with Gasteiger partial charge in [-0.2, -0.15) is 0 Å². The summed E-state index contributed by atoms with van der Waals surface area (Å²) in [6.45, 7) is 3.23. The van der Waals surface area contributed by atoms with Gasteiger partial charge >= 0.3 is 0 Å².